The Bertz CT molecular complexity index is 129. The van der Waals surface area contributed by atoms with Gasteiger partial charge >= 0.3 is 0 Å². The second-order valence-corrected chi connectivity index (χ2v) is 1.29. The number of hydrogen-bond donors (Lipinski definition) is 1. The van der Waals surface area contributed by atoms with Crippen molar-refractivity contribution >= 4 is 15.8 Å². The van der Waals surface area contributed by atoms with Crippen molar-refractivity contribution in [1.82, 2.24) is 0 Å². The van der Waals surface area contributed by atoms with E-state index in [-0.39, 0.29) is 9.90 Å². The van der Waals surface area contributed by atoms with Gasteiger partial charge in [-0.05, 0) is 6.92 Å². The minimum absolute atomic E-state index is 0. The maximum Gasteiger partial charge on any atom is 0.241 e. The number of carbonyl (C=O) groups excluding carboxylic acids is 1. The lowest BCUT2D eigenvalue weighted by Gasteiger charge is -1.73. The minimum atomic E-state index is -0.414. The summed E-state index contributed by atoms with van der Waals surface area (Å²) in [7, 11) is 0. The Morgan fingerprint density at radius 2 is 2.00 bits per heavy atom. The van der Waals surface area contributed by atoms with Gasteiger partial charge in [-0.3, -0.25) is 4.79 Å². The Morgan fingerprint density at radius 3 is 2.33 bits per heavy atom. The average Bonchev–Trinajstić information content (AvgIpc) is 1.66. The first kappa shape index (κ1) is 11.2. The predicted octanol–water partition coefficient (Wildman–Crippen LogP) is 1.47. The van der Waals surface area contributed by atoms with Crippen molar-refractivity contribution in [1.29, 1.82) is 0 Å². The van der Waals surface area contributed by atoms with Gasteiger partial charge in [0.1, 0.15) is 0 Å². The first-order valence-electron chi connectivity index (χ1n) is 2.36. The second-order valence-electron chi connectivity index (χ2n) is 1.29. The molecule has 0 atom stereocenters. The lowest BCUT2D eigenvalue weighted by Crippen LogP contribution is -2.04. The van der Waals surface area contributed by atoms with Gasteiger partial charge in [0.2, 0.25) is 5.91 Å². The molecule has 1 amide bonds. The summed E-state index contributed by atoms with van der Waals surface area (Å²) in [5, 5.41) is 0. The highest BCUT2D eigenvalue weighted by atomic mass is 31.0. The molecule has 0 aromatic carbocycles. The summed E-state index contributed by atoms with van der Waals surface area (Å²) >= 11 is 0. The Hall–Kier alpha value is -0.620. The van der Waals surface area contributed by atoms with E-state index in [0.29, 0.717) is 0 Å². The van der Waals surface area contributed by atoms with Crippen LogP contribution in [0, 0.1) is 0 Å². The van der Waals surface area contributed by atoms with Crippen LogP contribution in [0.15, 0.2) is 24.3 Å². The third kappa shape index (κ3) is 11.1. The Labute approximate surface area is 58.4 Å². The van der Waals surface area contributed by atoms with Crippen LogP contribution in [0.4, 0.5) is 0 Å². The molecule has 0 aliphatic heterocycles. The summed E-state index contributed by atoms with van der Waals surface area (Å²) in [5.74, 6) is -0.414. The minimum Gasteiger partial charge on any atom is -0.366 e. The molecule has 0 aliphatic rings. The fourth-order valence-corrected chi connectivity index (χ4v) is 0.262. The highest BCUT2D eigenvalue weighted by Gasteiger charge is 1.75. The van der Waals surface area contributed by atoms with Gasteiger partial charge in [0.15, 0.2) is 0 Å². The zero-order chi connectivity index (χ0) is 6.41. The van der Waals surface area contributed by atoms with Crippen LogP contribution in [-0.4, -0.2) is 5.91 Å². The van der Waals surface area contributed by atoms with Gasteiger partial charge in [-0.15, -0.1) is 0 Å². The third-order valence-electron chi connectivity index (χ3n) is 0.564. The second kappa shape index (κ2) is 7.38. The van der Waals surface area contributed by atoms with Crippen LogP contribution in [-0.2, 0) is 4.79 Å². The SMILES string of the molecule is C/C=C/C=C/C(N)=O.[P]. The number of primary amides is 1. The van der Waals surface area contributed by atoms with Gasteiger partial charge in [-0.25, -0.2) is 0 Å². The number of hydrogen-bond acceptors (Lipinski definition) is 1. The zero-order valence-corrected chi connectivity index (χ0v) is 6.14. The Balaban J connectivity index is 0. The van der Waals surface area contributed by atoms with Gasteiger partial charge in [0.05, 0.1) is 0 Å². The summed E-state index contributed by atoms with van der Waals surface area (Å²) in [6.07, 6.45) is 6.46. The van der Waals surface area contributed by atoms with Crippen molar-refractivity contribution < 1.29 is 4.79 Å². The van der Waals surface area contributed by atoms with Crippen LogP contribution >= 0.6 is 9.90 Å². The molecule has 2 N–H and O–H groups in total. The number of amides is 1. The maximum atomic E-state index is 9.98. The molecule has 0 heterocycles. The van der Waals surface area contributed by atoms with E-state index in [2.05, 4.69) is 0 Å². The van der Waals surface area contributed by atoms with Crippen LogP contribution < -0.4 is 5.73 Å². The van der Waals surface area contributed by atoms with Crippen LogP contribution in [0.3, 0.4) is 0 Å². The fraction of sp³-hybridized carbons (Fsp3) is 0.167. The van der Waals surface area contributed by atoms with Crippen molar-refractivity contribution in [3.05, 3.63) is 24.3 Å². The molecule has 9 heavy (non-hydrogen) atoms. The average molecular weight is 142 g/mol. The van der Waals surface area contributed by atoms with E-state index in [4.69, 9.17) is 5.73 Å². The molecule has 49 valence electrons. The van der Waals surface area contributed by atoms with E-state index in [1.807, 2.05) is 13.0 Å². The van der Waals surface area contributed by atoms with Crippen LogP contribution in [0.2, 0.25) is 0 Å². The lowest BCUT2D eigenvalue weighted by atomic mass is 10.4. The zero-order valence-electron chi connectivity index (χ0n) is 5.24. The molecular weight excluding hydrogens is 133 g/mol. The van der Waals surface area contributed by atoms with Crippen molar-refractivity contribution in [3.8, 4) is 0 Å². The van der Waals surface area contributed by atoms with Gasteiger partial charge in [-0.1, -0.05) is 18.2 Å². The van der Waals surface area contributed by atoms with Gasteiger partial charge in [-0.2, -0.15) is 0 Å². The molecule has 0 aromatic rings. The molecule has 0 rings (SSSR count). The quantitative estimate of drug-likeness (QED) is 0.354. The van der Waals surface area contributed by atoms with E-state index in [1.54, 1.807) is 12.2 Å². The summed E-state index contributed by atoms with van der Waals surface area (Å²) in [4.78, 5) is 9.98. The molecule has 0 aliphatic carbocycles. The molecule has 2 nitrogen and oxygen atoms in total. The highest BCUT2D eigenvalue weighted by Crippen LogP contribution is 1.73. The first-order chi connectivity index (χ1) is 3.77. The lowest BCUT2D eigenvalue weighted by molar-refractivity contribution is -0.113. The molecule has 3 radical (unpaired) electrons. The van der Waals surface area contributed by atoms with Crippen molar-refractivity contribution in [3.63, 3.8) is 0 Å². The monoisotopic (exact) mass is 142 g/mol. The topological polar surface area (TPSA) is 43.1 Å². The maximum absolute atomic E-state index is 9.98. The number of carbonyl (C=O) groups is 1. The normalized spacial score (nSPS) is 9.89. The molecule has 0 fully saturated rings. The standard InChI is InChI=1S/C6H9NO.P/c1-2-3-4-5-6(7)8;/h2-5H,1H3,(H2,7,8);/b3-2+,5-4+;. The highest BCUT2D eigenvalue weighted by molar-refractivity contribution is 6.92. The number of nitrogens with two attached hydrogens (primary N) is 1. The van der Waals surface area contributed by atoms with Crippen molar-refractivity contribution in [2.24, 2.45) is 5.73 Å². The molecule has 0 bridgehead atoms. The van der Waals surface area contributed by atoms with Crippen LogP contribution in [0.1, 0.15) is 6.92 Å². The third-order valence-corrected chi connectivity index (χ3v) is 0.564. The largest absolute Gasteiger partial charge is 0.366 e. The first-order valence-corrected chi connectivity index (χ1v) is 2.36. The summed E-state index contributed by atoms with van der Waals surface area (Å²) in [6, 6.07) is 0. The Morgan fingerprint density at radius 1 is 1.44 bits per heavy atom. The molecular formula is C6H9NOP. The van der Waals surface area contributed by atoms with Gasteiger partial charge in [0.25, 0.3) is 0 Å². The van der Waals surface area contributed by atoms with Crippen LogP contribution in [0.5, 0.6) is 0 Å². The Kier molecular flexibility index (Phi) is 9.19. The summed E-state index contributed by atoms with van der Waals surface area (Å²) in [5.41, 5.74) is 4.77. The molecule has 0 saturated carbocycles. The predicted molar refractivity (Wildman–Crippen MR) is 40.1 cm³/mol. The van der Waals surface area contributed by atoms with E-state index < -0.39 is 5.91 Å². The fourth-order valence-electron chi connectivity index (χ4n) is 0.262. The van der Waals surface area contributed by atoms with Crippen molar-refractivity contribution in [2.45, 2.75) is 6.92 Å². The molecule has 0 unspecified atom stereocenters. The number of allylic oxidation sites excluding steroid dienone is 3. The molecule has 0 saturated heterocycles. The number of rotatable bonds is 2. The van der Waals surface area contributed by atoms with Gasteiger partial charge < -0.3 is 5.73 Å². The van der Waals surface area contributed by atoms with Crippen molar-refractivity contribution in [2.75, 3.05) is 0 Å². The van der Waals surface area contributed by atoms with Gasteiger partial charge in [0, 0.05) is 16.0 Å². The van der Waals surface area contributed by atoms with E-state index >= 15 is 0 Å². The molecule has 0 spiro atoms. The smallest absolute Gasteiger partial charge is 0.241 e. The molecule has 3 heteroatoms. The van der Waals surface area contributed by atoms with E-state index in [9.17, 15) is 4.79 Å². The molecule has 0 aromatic heterocycles. The summed E-state index contributed by atoms with van der Waals surface area (Å²) < 4.78 is 0. The van der Waals surface area contributed by atoms with Crippen LogP contribution in [0.25, 0.3) is 0 Å². The van der Waals surface area contributed by atoms with E-state index in [0.717, 1.165) is 0 Å². The summed E-state index contributed by atoms with van der Waals surface area (Å²) in [6.45, 7) is 1.87. The van der Waals surface area contributed by atoms with E-state index in [1.165, 1.54) is 6.08 Å².